The van der Waals surface area contributed by atoms with Gasteiger partial charge in [0.2, 0.25) is 0 Å². The first-order valence-electron chi connectivity index (χ1n) is 6.51. The van der Waals surface area contributed by atoms with Gasteiger partial charge in [0.15, 0.2) is 0 Å². The zero-order valence-electron chi connectivity index (χ0n) is 10.8. The summed E-state index contributed by atoms with van der Waals surface area (Å²) >= 11 is 0. The van der Waals surface area contributed by atoms with E-state index in [1.54, 1.807) is 7.11 Å². The normalized spacial score (nSPS) is 18.3. The van der Waals surface area contributed by atoms with Crippen LogP contribution in [0, 0.1) is 12.8 Å². The van der Waals surface area contributed by atoms with E-state index in [0.717, 1.165) is 5.75 Å². The summed E-state index contributed by atoms with van der Waals surface area (Å²) in [5, 5.41) is 9.70. The maximum atomic E-state index is 9.70. The van der Waals surface area contributed by atoms with Crippen LogP contribution in [0.15, 0.2) is 18.2 Å². The van der Waals surface area contributed by atoms with Crippen LogP contribution in [-0.4, -0.2) is 18.8 Å². The lowest BCUT2D eigenvalue weighted by molar-refractivity contribution is 0.222. The zero-order valence-corrected chi connectivity index (χ0v) is 10.8. The van der Waals surface area contributed by atoms with Crippen LogP contribution < -0.4 is 4.74 Å². The lowest BCUT2D eigenvalue weighted by Crippen LogP contribution is -2.15. The highest BCUT2D eigenvalue weighted by Crippen LogP contribution is 2.40. The molecule has 1 saturated carbocycles. The van der Waals surface area contributed by atoms with Crippen molar-refractivity contribution >= 4 is 0 Å². The molecule has 0 saturated heterocycles. The Morgan fingerprint density at radius 1 is 1.35 bits per heavy atom. The van der Waals surface area contributed by atoms with Crippen LogP contribution in [-0.2, 0) is 0 Å². The van der Waals surface area contributed by atoms with Gasteiger partial charge in [-0.05, 0) is 31.7 Å². The molecule has 2 heteroatoms. The number of aliphatic hydroxyl groups is 1. The Balaban J connectivity index is 2.31. The molecule has 1 aromatic carbocycles. The Hall–Kier alpha value is -1.02. The second-order valence-corrected chi connectivity index (χ2v) is 5.08. The Morgan fingerprint density at radius 3 is 2.65 bits per heavy atom. The van der Waals surface area contributed by atoms with E-state index in [-0.39, 0.29) is 12.5 Å². The van der Waals surface area contributed by atoms with Crippen LogP contribution in [0.5, 0.6) is 5.75 Å². The van der Waals surface area contributed by atoms with Crippen molar-refractivity contribution in [3.8, 4) is 5.75 Å². The van der Waals surface area contributed by atoms with Crippen molar-refractivity contribution in [2.45, 2.75) is 38.5 Å². The number of rotatable bonds is 4. The molecule has 0 heterocycles. The molecule has 1 aromatic rings. The van der Waals surface area contributed by atoms with E-state index < -0.39 is 0 Å². The predicted octanol–water partition coefficient (Wildman–Crippen LogP) is 3.27. The lowest BCUT2D eigenvalue weighted by Gasteiger charge is -2.24. The summed E-state index contributed by atoms with van der Waals surface area (Å²) in [6, 6.07) is 6.24. The van der Waals surface area contributed by atoms with E-state index in [1.807, 2.05) is 6.07 Å². The molecule has 1 atom stereocenters. The predicted molar refractivity (Wildman–Crippen MR) is 69.5 cm³/mol. The lowest BCUT2D eigenvalue weighted by atomic mass is 9.84. The molecule has 1 unspecified atom stereocenters. The van der Waals surface area contributed by atoms with Crippen LogP contribution >= 0.6 is 0 Å². The number of aliphatic hydroxyl groups excluding tert-OH is 1. The van der Waals surface area contributed by atoms with Gasteiger partial charge in [-0.1, -0.05) is 30.5 Å². The first kappa shape index (κ1) is 12.4. The molecule has 1 N–H and O–H groups in total. The van der Waals surface area contributed by atoms with Gasteiger partial charge in [0.1, 0.15) is 5.75 Å². The summed E-state index contributed by atoms with van der Waals surface area (Å²) in [5.41, 5.74) is 2.42. The first-order chi connectivity index (χ1) is 8.26. The molecule has 94 valence electrons. The van der Waals surface area contributed by atoms with Gasteiger partial charge in [-0.25, -0.2) is 0 Å². The van der Waals surface area contributed by atoms with Crippen LogP contribution in [0.2, 0.25) is 0 Å². The number of hydrogen-bond acceptors (Lipinski definition) is 2. The standard InChI is InChI=1S/C15H22O2/c1-11-7-8-15(17-2)13(9-11)14(10-16)12-5-3-4-6-12/h7-9,12,14,16H,3-6,10H2,1-2H3. The van der Waals surface area contributed by atoms with Gasteiger partial charge >= 0.3 is 0 Å². The Bertz CT molecular complexity index is 367. The highest BCUT2D eigenvalue weighted by Gasteiger charge is 2.27. The van der Waals surface area contributed by atoms with E-state index in [2.05, 4.69) is 19.1 Å². The molecule has 0 amide bonds. The van der Waals surface area contributed by atoms with Gasteiger partial charge in [-0.3, -0.25) is 0 Å². The molecule has 0 bridgehead atoms. The largest absolute Gasteiger partial charge is 0.496 e. The Morgan fingerprint density at radius 2 is 2.06 bits per heavy atom. The Kier molecular flexibility index (Phi) is 4.06. The van der Waals surface area contributed by atoms with Crippen LogP contribution in [0.25, 0.3) is 0 Å². The third-order valence-corrected chi connectivity index (χ3v) is 3.95. The fourth-order valence-electron chi connectivity index (χ4n) is 3.00. The summed E-state index contributed by atoms with van der Waals surface area (Å²) in [5.74, 6) is 1.78. The maximum absolute atomic E-state index is 9.70. The fourth-order valence-corrected chi connectivity index (χ4v) is 3.00. The van der Waals surface area contributed by atoms with Crippen molar-refractivity contribution in [2.24, 2.45) is 5.92 Å². The van der Waals surface area contributed by atoms with Crippen molar-refractivity contribution < 1.29 is 9.84 Å². The number of aryl methyl sites for hydroxylation is 1. The summed E-state index contributed by atoms with van der Waals surface area (Å²) in [6.07, 6.45) is 5.08. The van der Waals surface area contributed by atoms with Gasteiger partial charge in [-0.15, -0.1) is 0 Å². The van der Waals surface area contributed by atoms with Crippen LogP contribution in [0.1, 0.15) is 42.7 Å². The quantitative estimate of drug-likeness (QED) is 0.866. The second-order valence-electron chi connectivity index (χ2n) is 5.08. The van der Waals surface area contributed by atoms with Gasteiger partial charge in [0.05, 0.1) is 13.7 Å². The van der Waals surface area contributed by atoms with Gasteiger partial charge in [0, 0.05) is 11.5 Å². The van der Waals surface area contributed by atoms with Crippen molar-refractivity contribution in [1.29, 1.82) is 0 Å². The van der Waals surface area contributed by atoms with E-state index >= 15 is 0 Å². The number of benzene rings is 1. The van der Waals surface area contributed by atoms with Gasteiger partial charge in [-0.2, -0.15) is 0 Å². The van der Waals surface area contributed by atoms with Crippen molar-refractivity contribution in [1.82, 2.24) is 0 Å². The van der Waals surface area contributed by atoms with E-state index in [0.29, 0.717) is 5.92 Å². The van der Waals surface area contributed by atoms with Gasteiger partial charge in [0.25, 0.3) is 0 Å². The molecule has 2 nitrogen and oxygen atoms in total. The minimum Gasteiger partial charge on any atom is -0.496 e. The van der Waals surface area contributed by atoms with E-state index in [4.69, 9.17) is 4.74 Å². The summed E-state index contributed by atoms with van der Waals surface area (Å²) in [4.78, 5) is 0. The molecule has 0 aliphatic heterocycles. The molecule has 1 aliphatic carbocycles. The zero-order chi connectivity index (χ0) is 12.3. The molecular formula is C15H22O2. The molecule has 17 heavy (non-hydrogen) atoms. The average molecular weight is 234 g/mol. The van der Waals surface area contributed by atoms with Crippen LogP contribution in [0.3, 0.4) is 0 Å². The monoisotopic (exact) mass is 234 g/mol. The van der Waals surface area contributed by atoms with E-state index in [1.165, 1.54) is 36.8 Å². The van der Waals surface area contributed by atoms with Crippen LogP contribution in [0.4, 0.5) is 0 Å². The average Bonchev–Trinajstić information content (AvgIpc) is 2.84. The highest BCUT2D eigenvalue weighted by molar-refractivity contribution is 5.40. The molecule has 1 aliphatic rings. The Labute approximate surface area is 104 Å². The van der Waals surface area contributed by atoms with Crippen molar-refractivity contribution in [3.63, 3.8) is 0 Å². The minimum atomic E-state index is 0.227. The molecular weight excluding hydrogens is 212 g/mol. The van der Waals surface area contributed by atoms with Crippen molar-refractivity contribution in [3.05, 3.63) is 29.3 Å². The molecule has 0 aromatic heterocycles. The molecule has 2 rings (SSSR count). The smallest absolute Gasteiger partial charge is 0.122 e. The first-order valence-corrected chi connectivity index (χ1v) is 6.51. The fraction of sp³-hybridized carbons (Fsp3) is 0.600. The SMILES string of the molecule is COc1ccc(C)cc1C(CO)C1CCCC1. The summed E-state index contributed by atoms with van der Waals surface area (Å²) < 4.78 is 5.43. The third-order valence-electron chi connectivity index (χ3n) is 3.95. The summed E-state index contributed by atoms with van der Waals surface area (Å²) in [6.45, 7) is 2.32. The molecule has 1 fully saturated rings. The van der Waals surface area contributed by atoms with E-state index in [9.17, 15) is 5.11 Å². The number of methoxy groups -OCH3 is 1. The number of hydrogen-bond donors (Lipinski definition) is 1. The second kappa shape index (κ2) is 5.54. The van der Waals surface area contributed by atoms with Gasteiger partial charge < -0.3 is 9.84 Å². The molecule has 0 radical (unpaired) electrons. The topological polar surface area (TPSA) is 29.5 Å². The minimum absolute atomic E-state index is 0.227. The third kappa shape index (κ3) is 2.63. The number of ether oxygens (including phenoxy) is 1. The summed E-state index contributed by atoms with van der Waals surface area (Å²) in [7, 11) is 1.71. The highest BCUT2D eigenvalue weighted by atomic mass is 16.5. The maximum Gasteiger partial charge on any atom is 0.122 e. The van der Waals surface area contributed by atoms with Crippen molar-refractivity contribution in [2.75, 3.05) is 13.7 Å². The molecule has 0 spiro atoms.